The normalized spacial score (nSPS) is 10.1. The van der Waals surface area contributed by atoms with Gasteiger partial charge in [0.15, 0.2) is 0 Å². The Morgan fingerprint density at radius 2 is 1.82 bits per heavy atom. The fraction of sp³-hybridized carbons (Fsp3) is 0.200. The first kappa shape index (κ1) is 15.4. The molecule has 7 heteroatoms. The van der Waals surface area contributed by atoms with E-state index in [1.165, 1.54) is 53.3 Å². The molecular formula is C15H16N4O3. The number of aromatic nitrogens is 2. The number of carbonyl (C=O) groups is 2. The average molecular weight is 300 g/mol. The van der Waals surface area contributed by atoms with Crippen LogP contribution >= 0.6 is 0 Å². The van der Waals surface area contributed by atoms with Gasteiger partial charge in [0, 0.05) is 45.3 Å². The minimum absolute atomic E-state index is 0.0528. The van der Waals surface area contributed by atoms with E-state index in [1.54, 1.807) is 14.1 Å². The number of aryl methyl sites for hydroxylation is 1. The molecule has 0 aliphatic heterocycles. The van der Waals surface area contributed by atoms with Gasteiger partial charge in [0.05, 0.1) is 5.56 Å². The quantitative estimate of drug-likeness (QED) is 0.906. The number of anilines is 1. The minimum atomic E-state index is -0.436. The second-order valence-corrected chi connectivity index (χ2v) is 4.95. The van der Waals surface area contributed by atoms with Crippen LogP contribution in [0.3, 0.4) is 0 Å². The highest BCUT2D eigenvalue weighted by Crippen LogP contribution is 2.09. The van der Waals surface area contributed by atoms with Gasteiger partial charge in [-0.05, 0) is 18.2 Å². The van der Waals surface area contributed by atoms with E-state index in [0.29, 0.717) is 11.1 Å². The molecule has 2 heterocycles. The molecule has 22 heavy (non-hydrogen) atoms. The van der Waals surface area contributed by atoms with Gasteiger partial charge in [-0.15, -0.1) is 0 Å². The van der Waals surface area contributed by atoms with Crippen molar-refractivity contribution >= 4 is 17.5 Å². The second kappa shape index (κ2) is 6.21. The molecule has 0 unspecified atom stereocenters. The summed E-state index contributed by atoms with van der Waals surface area (Å²) < 4.78 is 1.26. The van der Waals surface area contributed by atoms with Crippen LogP contribution in [0.15, 0.2) is 41.6 Å². The molecule has 0 spiro atoms. The van der Waals surface area contributed by atoms with Crippen LogP contribution in [-0.2, 0) is 7.05 Å². The Bertz CT molecular complexity index is 766. The fourth-order valence-corrected chi connectivity index (χ4v) is 1.87. The van der Waals surface area contributed by atoms with Gasteiger partial charge in [-0.3, -0.25) is 19.4 Å². The van der Waals surface area contributed by atoms with Crippen molar-refractivity contribution in [3.8, 4) is 0 Å². The van der Waals surface area contributed by atoms with Crippen molar-refractivity contribution in [3.63, 3.8) is 0 Å². The molecule has 0 fully saturated rings. The third-order valence-corrected chi connectivity index (χ3v) is 3.03. The lowest BCUT2D eigenvalue weighted by Gasteiger charge is -2.13. The van der Waals surface area contributed by atoms with Gasteiger partial charge >= 0.3 is 0 Å². The van der Waals surface area contributed by atoms with Crippen LogP contribution in [-0.4, -0.2) is 40.4 Å². The van der Waals surface area contributed by atoms with Crippen molar-refractivity contribution in [1.29, 1.82) is 0 Å². The van der Waals surface area contributed by atoms with Gasteiger partial charge in [-0.2, -0.15) is 0 Å². The van der Waals surface area contributed by atoms with Gasteiger partial charge in [0.2, 0.25) is 0 Å². The Hall–Kier alpha value is -2.96. The van der Waals surface area contributed by atoms with Crippen LogP contribution in [0.4, 0.5) is 5.69 Å². The summed E-state index contributed by atoms with van der Waals surface area (Å²) in [4.78, 5) is 41.4. The third-order valence-electron chi connectivity index (χ3n) is 3.03. The van der Waals surface area contributed by atoms with Crippen molar-refractivity contribution < 1.29 is 9.59 Å². The Balaban J connectivity index is 2.37. The molecule has 0 saturated heterocycles. The summed E-state index contributed by atoms with van der Waals surface area (Å²) >= 11 is 0. The van der Waals surface area contributed by atoms with Crippen LogP contribution in [0.1, 0.15) is 20.7 Å². The summed E-state index contributed by atoms with van der Waals surface area (Å²) in [5, 5.41) is 2.53. The lowest BCUT2D eigenvalue weighted by atomic mass is 10.2. The van der Waals surface area contributed by atoms with Gasteiger partial charge < -0.3 is 14.8 Å². The third kappa shape index (κ3) is 3.20. The molecule has 0 aliphatic rings. The number of hydrogen-bond acceptors (Lipinski definition) is 4. The Kier molecular flexibility index (Phi) is 4.36. The highest BCUT2D eigenvalue weighted by atomic mass is 16.2. The lowest BCUT2D eigenvalue weighted by molar-refractivity contribution is 0.0826. The number of nitrogens with one attached hydrogen (secondary N) is 1. The number of nitrogens with zero attached hydrogens (tertiary/aromatic N) is 3. The van der Waals surface area contributed by atoms with E-state index in [2.05, 4.69) is 10.3 Å². The van der Waals surface area contributed by atoms with Crippen molar-refractivity contribution in [2.45, 2.75) is 0 Å². The predicted octanol–water partition coefficient (Wildman–Crippen LogP) is 0.734. The molecule has 0 radical (unpaired) electrons. The highest BCUT2D eigenvalue weighted by molar-refractivity contribution is 6.04. The first-order valence-electron chi connectivity index (χ1n) is 6.54. The molecule has 2 amide bonds. The summed E-state index contributed by atoms with van der Waals surface area (Å²) in [5.41, 5.74) is 0.355. The summed E-state index contributed by atoms with van der Waals surface area (Å²) in [6.45, 7) is 0. The van der Waals surface area contributed by atoms with E-state index in [-0.39, 0.29) is 11.6 Å². The molecule has 2 rings (SSSR count). The lowest BCUT2D eigenvalue weighted by Crippen LogP contribution is -2.28. The standard InChI is InChI=1S/C15H16N4O3/c1-18(2)14(21)11-8-12(15(22)19(3)9-11)17-13(20)10-4-6-16-7-5-10/h4-9H,1-3H3,(H,17,20). The van der Waals surface area contributed by atoms with Gasteiger partial charge in [0.1, 0.15) is 5.69 Å². The summed E-state index contributed by atoms with van der Waals surface area (Å²) in [6.07, 6.45) is 4.41. The SMILES string of the molecule is CN(C)C(=O)c1cc(NC(=O)c2ccncc2)c(=O)n(C)c1. The molecule has 0 aliphatic carbocycles. The highest BCUT2D eigenvalue weighted by Gasteiger charge is 2.15. The number of hydrogen-bond donors (Lipinski definition) is 1. The topological polar surface area (TPSA) is 84.3 Å². The predicted molar refractivity (Wildman–Crippen MR) is 81.9 cm³/mol. The van der Waals surface area contributed by atoms with Crippen LogP contribution in [0.25, 0.3) is 0 Å². The zero-order chi connectivity index (χ0) is 16.3. The second-order valence-electron chi connectivity index (χ2n) is 4.95. The molecule has 0 aromatic carbocycles. The first-order chi connectivity index (χ1) is 10.4. The maximum absolute atomic E-state index is 12.1. The Morgan fingerprint density at radius 1 is 1.18 bits per heavy atom. The van der Waals surface area contributed by atoms with E-state index in [1.807, 2.05) is 0 Å². The summed E-state index contributed by atoms with van der Waals surface area (Å²) in [6, 6.07) is 4.45. The molecule has 114 valence electrons. The Labute approximate surface area is 127 Å². The van der Waals surface area contributed by atoms with E-state index in [0.717, 1.165) is 0 Å². The van der Waals surface area contributed by atoms with Crippen LogP contribution in [0, 0.1) is 0 Å². The minimum Gasteiger partial charge on any atom is -0.345 e. The first-order valence-corrected chi connectivity index (χ1v) is 6.54. The molecule has 0 bridgehead atoms. The summed E-state index contributed by atoms with van der Waals surface area (Å²) in [7, 11) is 4.75. The maximum atomic E-state index is 12.1. The molecule has 0 atom stereocenters. The Morgan fingerprint density at radius 3 is 2.41 bits per heavy atom. The van der Waals surface area contributed by atoms with E-state index < -0.39 is 11.5 Å². The van der Waals surface area contributed by atoms with Gasteiger partial charge in [-0.1, -0.05) is 0 Å². The molecule has 2 aromatic rings. The largest absolute Gasteiger partial charge is 0.345 e. The van der Waals surface area contributed by atoms with Gasteiger partial charge in [0.25, 0.3) is 17.4 Å². The van der Waals surface area contributed by atoms with Crippen molar-refractivity contribution in [3.05, 3.63) is 58.3 Å². The maximum Gasteiger partial charge on any atom is 0.274 e. The van der Waals surface area contributed by atoms with Crippen LogP contribution in [0.5, 0.6) is 0 Å². The van der Waals surface area contributed by atoms with Crippen LogP contribution < -0.4 is 10.9 Å². The van der Waals surface area contributed by atoms with Gasteiger partial charge in [-0.25, -0.2) is 0 Å². The smallest absolute Gasteiger partial charge is 0.274 e. The zero-order valence-electron chi connectivity index (χ0n) is 12.5. The molecule has 2 aromatic heterocycles. The number of carbonyl (C=O) groups excluding carboxylic acids is 2. The van der Waals surface area contributed by atoms with Crippen molar-refractivity contribution in [2.24, 2.45) is 7.05 Å². The molecule has 1 N–H and O–H groups in total. The van der Waals surface area contributed by atoms with E-state index >= 15 is 0 Å². The molecular weight excluding hydrogens is 284 g/mol. The summed E-state index contributed by atoms with van der Waals surface area (Å²) in [5.74, 6) is -0.691. The molecule has 7 nitrogen and oxygen atoms in total. The molecule has 0 saturated carbocycles. The zero-order valence-corrected chi connectivity index (χ0v) is 12.5. The fourth-order valence-electron chi connectivity index (χ4n) is 1.87. The number of rotatable bonds is 3. The number of pyridine rings is 2. The monoisotopic (exact) mass is 300 g/mol. The van der Waals surface area contributed by atoms with Crippen molar-refractivity contribution in [1.82, 2.24) is 14.5 Å². The van der Waals surface area contributed by atoms with E-state index in [4.69, 9.17) is 0 Å². The average Bonchev–Trinajstić information content (AvgIpc) is 2.51. The number of amides is 2. The van der Waals surface area contributed by atoms with Crippen LogP contribution in [0.2, 0.25) is 0 Å². The van der Waals surface area contributed by atoms with Crippen molar-refractivity contribution in [2.75, 3.05) is 19.4 Å². The van der Waals surface area contributed by atoms with E-state index in [9.17, 15) is 14.4 Å².